The van der Waals surface area contributed by atoms with E-state index in [1.165, 1.54) is 32.1 Å². The summed E-state index contributed by atoms with van der Waals surface area (Å²) in [5.41, 5.74) is 0.845. The highest BCUT2D eigenvalue weighted by Gasteiger charge is 2.52. The summed E-state index contributed by atoms with van der Waals surface area (Å²) in [6.45, 7) is 4.82. The van der Waals surface area contributed by atoms with Crippen LogP contribution in [0.3, 0.4) is 0 Å². The van der Waals surface area contributed by atoms with Crippen molar-refractivity contribution in [3.8, 4) is 0 Å². The van der Waals surface area contributed by atoms with Gasteiger partial charge in [0, 0.05) is 0 Å². The lowest BCUT2D eigenvalue weighted by Crippen LogP contribution is -2.27. The van der Waals surface area contributed by atoms with Gasteiger partial charge >= 0.3 is 0 Å². The van der Waals surface area contributed by atoms with Gasteiger partial charge in [-0.3, -0.25) is 0 Å². The normalized spacial score (nSPS) is 30.3. The topological polar surface area (TPSA) is 0 Å². The molecule has 0 saturated heterocycles. The maximum Gasteiger partial charge on any atom is -0.0246 e. The molecule has 2 rings (SSSR count). The first-order valence-electron chi connectivity index (χ1n) is 4.76. The Bertz CT molecular complexity index is 127. The van der Waals surface area contributed by atoms with E-state index in [1.807, 2.05) is 0 Å². The van der Waals surface area contributed by atoms with Crippen molar-refractivity contribution < 1.29 is 0 Å². The molecular formula is C10H18. The second-order valence-electron chi connectivity index (χ2n) is 4.52. The van der Waals surface area contributed by atoms with Crippen molar-refractivity contribution in [3.63, 3.8) is 0 Å². The minimum absolute atomic E-state index is 0.845. The highest BCUT2D eigenvalue weighted by molar-refractivity contribution is 5.02. The van der Waals surface area contributed by atoms with Gasteiger partial charge < -0.3 is 0 Å². The van der Waals surface area contributed by atoms with Crippen molar-refractivity contribution in [3.05, 3.63) is 0 Å². The monoisotopic (exact) mass is 138 g/mol. The molecule has 0 spiro atoms. The van der Waals surface area contributed by atoms with Crippen molar-refractivity contribution >= 4 is 0 Å². The zero-order chi connectivity index (χ0) is 7.19. The number of hydrogen-bond acceptors (Lipinski definition) is 0. The van der Waals surface area contributed by atoms with E-state index in [0.717, 1.165) is 17.3 Å². The molecule has 10 heavy (non-hydrogen) atoms. The summed E-state index contributed by atoms with van der Waals surface area (Å²) >= 11 is 0. The molecule has 2 fully saturated rings. The highest BCUT2D eigenvalue weighted by Crippen LogP contribution is 2.62. The maximum absolute atomic E-state index is 2.41. The lowest BCUT2D eigenvalue weighted by molar-refractivity contribution is 0.137. The molecule has 2 aliphatic rings. The van der Waals surface area contributed by atoms with E-state index in [2.05, 4.69) is 13.8 Å². The maximum atomic E-state index is 2.41. The molecule has 58 valence electrons. The van der Waals surface area contributed by atoms with Gasteiger partial charge in [0.2, 0.25) is 0 Å². The SMILES string of the molecule is CC(C)C1(C2CCC2)CC1. The van der Waals surface area contributed by atoms with Gasteiger partial charge in [-0.15, -0.1) is 0 Å². The predicted molar refractivity (Wildman–Crippen MR) is 43.8 cm³/mol. The standard InChI is InChI=1S/C10H18/c1-8(2)10(6-7-10)9-4-3-5-9/h8-9H,3-7H2,1-2H3. The molecule has 0 aliphatic heterocycles. The van der Waals surface area contributed by atoms with Gasteiger partial charge in [-0.05, 0) is 42.9 Å². The minimum Gasteiger partial charge on any atom is -0.0622 e. The van der Waals surface area contributed by atoms with Crippen molar-refractivity contribution in [2.24, 2.45) is 17.3 Å². The fourth-order valence-electron chi connectivity index (χ4n) is 2.58. The van der Waals surface area contributed by atoms with E-state index in [1.54, 1.807) is 0 Å². The van der Waals surface area contributed by atoms with Gasteiger partial charge in [0.05, 0.1) is 0 Å². The number of rotatable bonds is 2. The van der Waals surface area contributed by atoms with Crippen molar-refractivity contribution in [2.45, 2.75) is 46.0 Å². The summed E-state index contributed by atoms with van der Waals surface area (Å²) in [6.07, 6.45) is 7.67. The molecule has 0 aromatic rings. The Balaban J connectivity index is 2.00. The van der Waals surface area contributed by atoms with Gasteiger partial charge in [-0.25, -0.2) is 0 Å². The van der Waals surface area contributed by atoms with Gasteiger partial charge in [0.1, 0.15) is 0 Å². The summed E-state index contributed by atoms with van der Waals surface area (Å²) in [5, 5.41) is 0. The van der Waals surface area contributed by atoms with Crippen molar-refractivity contribution in [2.75, 3.05) is 0 Å². The molecule has 0 amide bonds. The van der Waals surface area contributed by atoms with Crippen LogP contribution in [-0.4, -0.2) is 0 Å². The Morgan fingerprint density at radius 1 is 1.20 bits per heavy atom. The molecule has 0 nitrogen and oxygen atoms in total. The first-order valence-corrected chi connectivity index (χ1v) is 4.76. The third-order valence-corrected chi connectivity index (χ3v) is 3.90. The second kappa shape index (κ2) is 1.99. The molecular weight excluding hydrogens is 120 g/mol. The van der Waals surface area contributed by atoms with Crippen LogP contribution in [0.1, 0.15) is 46.0 Å². The third kappa shape index (κ3) is 0.741. The van der Waals surface area contributed by atoms with Crippen LogP contribution in [0, 0.1) is 17.3 Å². The zero-order valence-electron chi connectivity index (χ0n) is 7.19. The average molecular weight is 138 g/mol. The fourth-order valence-corrected chi connectivity index (χ4v) is 2.58. The predicted octanol–water partition coefficient (Wildman–Crippen LogP) is 3.22. The number of hydrogen-bond donors (Lipinski definition) is 0. The Morgan fingerprint density at radius 3 is 1.90 bits per heavy atom. The van der Waals surface area contributed by atoms with Crippen LogP contribution in [0.2, 0.25) is 0 Å². The highest BCUT2D eigenvalue weighted by atomic mass is 14.6. The summed E-state index contributed by atoms with van der Waals surface area (Å²) in [6, 6.07) is 0. The molecule has 2 aliphatic carbocycles. The van der Waals surface area contributed by atoms with E-state index in [9.17, 15) is 0 Å². The summed E-state index contributed by atoms with van der Waals surface area (Å²) in [7, 11) is 0. The van der Waals surface area contributed by atoms with E-state index in [4.69, 9.17) is 0 Å². The van der Waals surface area contributed by atoms with Crippen LogP contribution in [0.15, 0.2) is 0 Å². The average Bonchev–Trinajstić information content (AvgIpc) is 2.41. The third-order valence-electron chi connectivity index (χ3n) is 3.90. The van der Waals surface area contributed by atoms with E-state index in [-0.39, 0.29) is 0 Å². The Labute approximate surface area is 64.0 Å². The van der Waals surface area contributed by atoms with E-state index < -0.39 is 0 Å². The molecule has 0 heteroatoms. The lowest BCUT2D eigenvalue weighted by Gasteiger charge is -2.36. The van der Waals surface area contributed by atoms with Crippen LogP contribution < -0.4 is 0 Å². The summed E-state index contributed by atoms with van der Waals surface area (Å²) in [5.74, 6) is 2.09. The smallest absolute Gasteiger partial charge is 0.0246 e. The molecule has 0 aromatic carbocycles. The minimum atomic E-state index is 0.845. The van der Waals surface area contributed by atoms with Crippen LogP contribution in [0.25, 0.3) is 0 Å². The zero-order valence-corrected chi connectivity index (χ0v) is 7.19. The van der Waals surface area contributed by atoms with Gasteiger partial charge in [0.25, 0.3) is 0 Å². The Hall–Kier alpha value is 0. The molecule has 0 atom stereocenters. The fraction of sp³-hybridized carbons (Fsp3) is 1.00. The first-order chi connectivity index (χ1) is 4.76. The van der Waals surface area contributed by atoms with Crippen LogP contribution >= 0.6 is 0 Å². The van der Waals surface area contributed by atoms with Gasteiger partial charge in [-0.2, -0.15) is 0 Å². The molecule has 0 radical (unpaired) electrons. The second-order valence-corrected chi connectivity index (χ2v) is 4.52. The van der Waals surface area contributed by atoms with Gasteiger partial charge in [-0.1, -0.05) is 20.3 Å². The molecule has 0 bridgehead atoms. The lowest BCUT2D eigenvalue weighted by atomic mass is 9.69. The van der Waals surface area contributed by atoms with Crippen molar-refractivity contribution in [1.82, 2.24) is 0 Å². The Kier molecular flexibility index (Phi) is 1.33. The van der Waals surface area contributed by atoms with Crippen molar-refractivity contribution in [1.29, 1.82) is 0 Å². The summed E-state index contributed by atoms with van der Waals surface area (Å²) in [4.78, 5) is 0. The first kappa shape index (κ1) is 6.69. The molecule has 2 saturated carbocycles. The summed E-state index contributed by atoms with van der Waals surface area (Å²) < 4.78 is 0. The van der Waals surface area contributed by atoms with Gasteiger partial charge in [0.15, 0.2) is 0 Å². The quantitative estimate of drug-likeness (QED) is 0.549. The molecule has 0 N–H and O–H groups in total. The largest absolute Gasteiger partial charge is 0.0622 e. The van der Waals surface area contributed by atoms with E-state index in [0.29, 0.717) is 0 Å². The van der Waals surface area contributed by atoms with Crippen LogP contribution in [0.4, 0.5) is 0 Å². The molecule has 0 unspecified atom stereocenters. The molecule has 0 heterocycles. The van der Waals surface area contributed by atoms with Crippen LogP contribution in [-0.2, 0) is 0 Å². The Morgan fingerprint density at radius 2 is 1.80 bits per heavy atom. The molecule has 0 aromatic heterocycles. The van der Waals surface area contributed by atoms with Crippen LogP contribution in [0.5, 0.6) is 0 Å². The van der Waals surface area contributed by atoms with E-state index >= 15 is 0 Å².